The summed E-state index contributed by atoms with van der Waals surface area (Å²) in [5.74, 6) is 1.96. The summed E-state index contributed by atoms with van der Waals surface area (Å²) in [7, 11) is 0. The van der Waals surface area contributed by atoms with Crippen LogP contribution in [0.3, 0.4) is 0 Å². The molecule has 0 aliphatic heterocycles. The van der Waals surface area contributed by atoms with Crippen LogP contribution >= 0.6 is 0 Å². The van der Waals surface area contributed by atoms with Crippen molar-refractivity contribution in [2.24, 2.45) is 11.8 Å². The Labute approximate surface area is 114 Å². The molecular weight excluding hydrogens is 204 g/mol. The van der Waals surface area contributed by atoms with Crippen molar-refractivity contribution in [3.63, 3.8) is 0 Å². The quantitative estimate of drug-likeness (QED) is 0.478. The molecule has 0 spiro atoms. The van der Waals surface area contributed by atoms with Crippen molar-refractivity contribution in [3.05, 3.63) is 0 Å². The van der Waals surface area contributed by atoms with E-state index in [9.17, 15) is 0 Å². The molecule has 0 aromatic carbocycles. The van der Waals surface area contributed by atoms with Gasteiger partial charge in [-0.3, -0.25) is 0 Å². The van der Waals surface area contributed by atoms with E-state index in [1.165, 1.54) is 32.1 Å². The molecule has 0 saturated heterocycles. The van der Waals surface area contributed by atoms with E-state index < -0.39 is 0 Å². The second-order valence-electron chi connectivity index (χ2n) is 4.22. The Hall–Kier alpha value is 0. The van der Waals surface area contributed by atoms with Gasteiger partial charge < -0.3 is 0 Å². The average molecular weight is 247 g/mol. The number of hydrogen-bond donors (Lipinski definition) is 0. The first kappa shape index (κ1) is 25.8. The minimum atomic E-state index is 0.898. The van der Waals surface area contributed by atoms with Gasteiger partial charge >= 0.3 is 0 Å². The highest BCUT2D eigenvalue weighted by Crippen LogP contribution is 2.24. The van der Waals surface area contributed by atoms with Crippen LogP contribution in [0.15, 0.2) is 0 Å². The van der Waals surface area contributed by atoms with Crippen LogP contribution < -0.4 is 0 Å². The summed E-state index contributed by atoms with van der Waals surface area (Å²) in [5, 5.41) is 0. The lowest BCUT2D eigenvalue weighted by Gasteiger charge is -2.18. The van der Waals surface area contributed by atoms with Gasteiger partial charge in [-0.15, -0.1) is 0 Å². The molecule has 0 aromatic rings. The predicted molar refractivity (Wildman–Crippen MR) is 86.8 cm³/mol. The van der Waals surface area contributed by atoms with Gasteiger partial charge in [-0.2, -0.15) is 0 Å². The molecule has 0 bridgehead atoms. The Morgan fingerprint density at radius 1 is 0.882 bits per heavy atom. The van der Waals surface area contributed by atoms with E-state index in [0.29, 0.717) is 0 Å². The second-order valence-corrected chi connectivity index (χ2v) is 4.22. The fourth-order valence-corrected chi connectivity index (χ4v) is 1.19. The van der Waals surface area contributed by atoms with E-state index in [1.54, 1.807) is 0 Å². The summed E-state index contributed by atoms with van der Waals surface area (Å²) in [6.07, 6.45) is 7.17. The summed E-state index contributed by atoms with van der Waals surface area (Å²) < 4.78 is 0. The van der Waals surface area contributed by atoms with Gasteiger partial charge in [-0.25, -0.2) is 0 Å². The minimum Gasteiger partial charge on any atom is -0.0683 e. The van der Waals surface area contributed by atoms with Crippen LogP contribution in [-0.2, 0) is 0 Å². The molecule has 0 radical (unpaired) electrons. The molecule has 0 heteroatoms. The van der Waals surface area contributed by atoms with Crippen LogP contribution in [0.2, 0.25) is 0 Å². The van der Waals surface area contributed by atoms with E-state index in [-0.39, 0.29) is 0 Å². The van der Waals surface area contributed by atoms with Crippen LogP contribution in [0.1, 0.15) is 101 Å². The Morgan fingerprint density at radius 3 is 1.18 bits per heavy atom. The van der Waals surface area contributed by atoms with Gasteiger partial charge in [0.25, 0.3) is 0 Å². The van der Waals surface area contributed by atoms with Gasteiger partial charge in [0.1, 0.15) is 0 Å². The molecule has 0 amide bonds. The summed E-state index contributed by atoms with van der Waals surface area (Å²) in [6.45, 7) is 21.0. The fourth-order valence-electron chi connectivity index (χ4n) is 1.19. The summed E-state index contributed by atoms with van der Waals surface area (Å²) >= 11 is 0. The van der Waals surface area contributed by atoms with Crippen LogP contribution in [0.25, 0.3) is 0 Å². The summed E-state index contributed by atoms with van der Waals surface area (Å²) in [4.78, 5) is 0. The third-order valence-corrected chi connectivity index (χ3v) is 2.26. The number of rotatable bonds is 2. The molecule has 0 aromatic heterocycles. The monoisotopic (exact) mass is 246 g/mol. The zero-order valence-electron chi connectivity index (χ0n) is 14.7. The molecule has 1 aliphatic carbocycles. The maximum Gasteiger partial charge on any atom is -0.0443 e. The van der Waals surface area contributed by atoms with E-state index >= 15 is 0 Å². The fraction of sp³-hybridized carbons (Fsp3) is 1.00. The second kappa shape index (κ2) is 29.8. The highest BCUT2D eigenvalue weighted by atomic mass is 14.1. The van der Waals surface area contributed by atoms with Gasteiger partial charge in [-0.1, -0.05) is 101 Å². The van der Waals surface area contributed by atoms with Crippen molar-refractivity contribution in [1.82, 2.24) is 0 Å². The van der Waals surface area contributed by atoms with Gasteiger partial charge in [0.05, 0.1) is 0 Å². The molecule has 17 heavy (non-hydrogen) atoms. The van der Waals surface area contributed by atoms with Crippen LogP contribution in [0, 0.1) is 11.8 Å². The normalized spacial score (nSPS) is 12.2. The van der Waals surface area contributed by atoms with E-state index in [4.69, 9.17) is 0 Å². The lowest BCUT2D eigenvalue weighted by molar-refractivity contribution is 0.346. The third-order valence-electron chi connectivity index (χ3n) is 2.26. The van der Waals surface area contributed by atoms with E-state index in [2.05, 4.69) is 27.7 Å². The van der Waals surface area contributed by atoms with Crippen molar-refractivity contribution in [2.75, 3.05) is 0 Å². The standard InChI is InChI=1S/C6H14.C5H10.3C2H6/c1-4-5-6(2)3;1-5-3-2-4-5;3*1-2/h6H,4-5H2,1-3H3;5H,2-4H2,1H3;3*1-2H3. The molecule has 0 atom stereocenters. The Kier molecular flexibility index (Phi) is 45.1. The first-order chi connectivity index (χ1) is 8.16. The molecule has 110 valence electrons. The predicted octanol–water partition coefficient (Wildman–Crippen LogP) is 7.33. The molecule has 0 heterocycles. The molecule has 0 unspecified atom stereocenters. The third kappa shape index (κ3) is 38.7. The summed E-state index contributed by atoms with van der Waals surface area (Å²) in [5.41, 5.74) is 0. The highest BCUT2D eigenvalue weighted by molar-refractivity contribution is 4.62. The molecule has 1 saturated carbocycles. The topological polar surface area (TPSA) is 0 Å². The molecular formula is C17H42. The van der Waals surface area contributed by atoms with Crippen molar-refractivity contribution >= 4 is 0 Å². The number of hydrogen-bond acceptors (Lipinski definition) is 0. The maximum absolute atomic E-state index is 2.31. The molecule has 1 fully saturated rings. The molecule has 0 nitrogen and oxygen atoms in total. The van der Waals surface area contributed by atoms with Gasteiger partial charge in [-0.05, 0) is 11.8 Å². The van der Waals surface area contributed by atoms with Gasteiger partial charge in [0.2, 0.25) is 0 Å². The van der Waals surface area contributed by atoms with Crippen molar-refractivity contribution in [3.8, 4) is 0 Å². The van der Waals surface area contributed by atoms with Crippen LogP contribution in [0.4, 0.5) is 0 Å². The van der Waals surface area contributed by atoms with Crippen molar-refractivity contribution in [1.29, 1.82) is 0 Å². The van der Waals surface area contributed by atoms with E-state index in [1.807, 2.05) is 41.5 Å². The SMILES string of the molecule is CC.CC.CC.CC1CCC1.CCCC(C)C. The van der Waals surface area contributed by atoms with Gasteiger partial charge in [0.15, 0.2) is 0 Å². The Balaban J connectivity index is -0.0000000696. The van der Waals surface area contributed by atoms with Gasteiger partial charge in [0, 0.05) is 0 Å². The Morgan fingerprint density at radius 2 is 1.18 bits per heavy atom. The highest BCUT2D eigenvalue weighted by Gasteiger charge is 2.09. The molecule has 1 rings (SSSR count). The van der Waals surface area contributed by atoms with Crippen LogP contribution in [0.5, 0.6) is 0 Å². The lowest BCUT2D eigenvalue weighted by atomic mass is 9.88. The molecule has 0 N–H and O–H groups in total. The van der Waals surface area contributed by atoms with Crippen molar-refractivity contribution in [2.45, 2.75) is 101 Å². The lowest BCUT2D eigenvalue weighted by Crippen LogP contribution is -2.04. The maximum atomic E-state index is 2.31. The zero-order chi connectivity index (χ0) is 14.7. The first-order valence-electron chi connectivity index (χ1n) is 8.16. The van der Waals surface area contributed by atoms with Crippen LogP contribution in [-0.4, -0.2) is 0 Å². The molecule has 1 aliphatic rings. The van der Waals surface area contributed by atoms with Crippen molar-refractivity contribution < 1.29 is 0 Å². The largest absolute Gasteiger partial charge is 0.0683 e. The van der Waals surface area contributed by atoms with E-state index in [0.717, 1.165) is 11.8 Å². The summed E-state index contributed by atoms with van der Waals surface area (Å²) in [6, 6.07) is 0. The smallest absolute Gasteiger partial charge is 0.0443 e. The zero-order valence-corrected chi connectivity index (χ0v) is 14.7. The minimum absolute atomic E-state index is 0.898. The average Bonchev–Trinajstić information content (AvgIpc) is 2.35. The first-order valence-corrected chi connectivity index (χ1v) is 8.16. The Bertz CT molecular complexity index is 70.1.